The Morgan fingerprint density at radius 2 is 1.96 bits per heavy atom. The maximum atomic E-state index is 13.8. The molecule has 0 radical (unpaired) electrons. The van der Waals surface area contributed by atoms with E-state index in [-0.39, 0.29) is 11.7 Å². The van der Waals surface area contributed by atoms with E-state index in [4.69, 9.17) is 4.74 Å². The number of carbonyl (C=O) groups is 1. The molecule has 0 unspecified atom stereocenters. The summed E-state index contributed by atoms with van der Waals surface area (Å²) in [6.45, 7) is 1.90. The normalized spacial score (nSPS) is 10.2. The molecular weight excluding hydrogens is 307 g/mol. The quantitative estimate of drug-likeness (QED) is 0.765. The van der Waals surface area contributed by atoms with Gasteiger partial charge in [0.15, 0.2) is 0 Å². The van der Waals surface area contributed by atoms with E-state index >= 15 is 0 Å². The van der Waals surface area contributed by atoms with Gasteiger partial charge in [-0.05, 0) is 37.3 Å². The molecule has 24 heavy (non-hydrogen) atoms. The molecule has 1 heterocycles. The van der Waals surface area contributed by atoms with Crippen molar-refractivity contribution < 1.29 is 13.9 Å². The third kappa shape index (κ3) is 3.95. The summed E-state index contributed by atoms with van der Waals surface area (Å²) in [6.07, 6.45) is 3.14. The molecule has 0 aliphatic heterocycles. The lowest BCUT2D eigenvalue weighted by atomic mass is 10.1. The number of ether oxygens (including phenoxy) is 1. The fraction of sp³-hybridized carbons (Fsp3) is 0.0526. The smallest absolute Gasteiger partial charge is 0.255 e. The average molecular weight is 322 g/mol. The minimum Gasteiger partial charge on any atom is -0.456 e. The molecule has 1 amide bonds. The zero-order valence-corrected chi connectivity index (χ0v) is 13.0. The fourth-order valence-corrected chi connectivity index (χ4v) is 2.23. The number of hydrogen-bond donors (Lipinski definition) is 1. The summed E-state index contributed by atoms with van der Waals surface area (Å²) < 4.78 is 19.4. The van der Waals surface area contributed by atoms with E-state index in [1.165, 1.54) is 18.3 Å². The molecule has 1 aromatic heterocycles. The van der Waals surface area contributed by atoms with Crippen LogP contribution in [0.3, 0.4) is 0 Å². The molecule has 0 saturated heterocycles. The Hall–Kier alpha value is -3.21. The number of pyridine rings is 1. The van der Waals surface area contributed by atoms with Crippen LogP contribution in [0.2, 0.25) is 0 Å². The van der Waals surface area contributed by atoms with Gasteiger partial charge in [-0.3, -0.25) is 9.78 Å². The Balaban J connectivity index is 1.80. The largest absolute Gasteiger partial charge is 0.456 e. The highest BCUT2D eigenvalue weighted by Gasteiger charge is 2.09. The fourth-order valence-electron chi connectivity index (χ4n) is 2.23. The molecule has 4 nitrogen and oxygen atoms in total. The van der Waals surface area contributed by atoms with Crippen LogP contribution in [0, 0.1) is 12.7 Å². The Bertz CT molecular complexity index is 866. The highest BCUT2D eigenvalue weighted by atomic mass is 19.1. The van der Waals surface area contributed by atoms with Crippen LogP contribution >= 0.6 is 0 Å². The van der Waals surface area contributed by atoms with E-state index in [9.17, 15) is 9.18 Å². The van der Waals surface area contributed by atoms with Gasteiger partial charge in [-0.15, -0.1) is 0 Å². The van der Waals surface area contributed by atoms with Crippen molar-refractivity contribution in [1.29, 1.82) is 0 Å². The van der Waals surface area contributed by atoms with Gasteiger partial charge in [0.05, 0.1) is 6.20 Å². The number of benzene rings is 2. The Morgan fingerprint density at radius 3 is 2.71 bits per heavy atom. The van der Waals surface area contributed by atoms with Gasteiger partial charge in [0.1, 0.15) is 17.3 Å². The van der Waals surface area contributed by atoms with E-state index in [1.807, 2.05) is 13.0 Å². The van der Waals surface area contributed by atoms with Crippen LogP contribution in [-0.4, -0.2) is 10.9 Å². The van der Waals surface area contributed by atoms with E-state index in [0.717, 1.165) is 5.56 Å². The third-order valence-electron chi connectivity index (χ3n) is 3.28. The molecule has 5 heteroatoms. The molecule has 0 atom stereocenters. The topological polar surface area (TPSA) is 51.2 Å². The number of halogens is 1. The Labute approximate surface area is 138 Å². The van der Waals surface area contributed by atoms with Crippen molar-refractivity contribution >= 4 is 11.6 Å². The van der Waals surface area contributed by atoms with Crippen LogP contribution in [0.1, 0.15) is 15.9 Å². The van der Waals surface area contributed by atoms with E-state index in [0.29, 0.717) is 17.0 Å². The van der Waals surface area contributed by atoms with E-state index in [2.05, 4.69) is 10.3 Å². The molecule has 2 aromatic carbocycles. The van der Waals surface area contributed by atoms with Crippen LogP contribution < -0.4 is 10.1 Å². The van der Waals surface area contributed by atoms with Gasteiger partial charge in [-0.2, -0.15) is 0 Å². The molecule has 0 aliphatic rings. The number of carbonyl (C=O) groups excluding carboxylic acids is 1. The number of nitrogens with one attached hydrogen (secondary N) is 1. The summed E-state index contributed by atoms with van der Waals surface area (Å²) >= 11 is 0. The van der Waals surface area contributed by atoms with Gasteiger partial charge in [0, 0.05) is 29.6 Å². The monoisotopic (exact) mass is 322 g/mol. The summed E-state index contributed by atoms with van der Waals surface area (Å²) in [5.74, 6) is -0.0471. The van der Waals surface area contributed by atoms with Gasteiger partial charge in [-0.25, -0.2) is 4.39 Å². The Morgan fingerprint density at radius 1 is 1.08 bits per heavy atom. The first-order chi connectivity index (χ1) is 11.6. The molecule has 0 fully saturated rings. The number of hydrogen-bond acceptors (Lipinski definition) is 3. The van der Waals surface area contributed by atoms with Gasteiger partial charge in [0.25, 0.3) is 5.91 Å². The van der Waals surface area contributed by atoms with Crippen LogP contribution in [0.5, 0.6) is 11.5 Å². The van der Waals surface area contributed by atoms with Crippen LogP contribution in [0.15, 0.2) is 67.0 Å². The van der Waals surface area contributed by atoms with Gasteiger partial charge in [-0.1, -0.05) is 17.7 Å². The lowest BCUT2D eigenvalue weighted by Gasteiger charge is -2.10. The molecular formula is C19H15FN2O2. The van der Waals surface area contributed by atoms with Crippen molar-refractivity contribution in [3.05, 3.63) is 83.9 Å². The minimum absolute atomic E-state index is 0.280. The molecule has 0 aliphatic carbocycles. The summed E-state index contributed by atoms with van der Waals surface area (Å²) in [5.41, 5.74) is 1.80. The van der Waals surface area contributed by atoms with Crippen molar-refractivity contribution in [1.82, 2.24) is 4.98 Å². The van der Waals surface area contributed by atoms with Crippen molar-refractivity contribution in [3.8, 4) is 11.5 Å². The van der Waals surface area contributed by atoms with E-state index < -0.39 is 5.82 Å². The summed E-state index contributed by atoms with van der Waals surface area (Å²) in [7, 11) is 0. The first-order valence-electron chi connectivity index (χ1n) is 7.37. The number of nitrogens with zero attached hydrogens (tertiary/aromatic N) is 1. The number of amides is 1. The molecule has 0 bridgehead atoms. The molecule has 120 valence electrons. The predicted octanol–water partition coefficient (Wildman–Crippen LogP) is 4.57. The molecule has 3 rings (SSSR count). The number of aryl methyl sites for hydroxylation is 1. The minimum atomic E-state index is -0.504. The van der Waals surface area contributed by atoms with Crippen molar-refractivity contribution in [2.75, 3.05) is 5.32 Å². The van der Waals surface area contributed by atoms with Crippen molar-refractivity contribution in [3.63, 3.8) is 0 Å². The van der Waals surface area contributed by atoms with Crippen molar-refractivity contribution in [2.45, 2.75) is 6.92 Å². The number of aromatic nitrogens is 1. The summed E-state index contributed by atoms with van der Waals surface area (Å²) in [4.78, 5) is 16.2. The molecule has 3 aromatic rings. The van der Waals surface area contributed by atoms with Gasteiger partial charge in [0.2, 0.25) is 0 Å². The second-order valence-corrected chi connectivity index (χ2v) is 5.29. The first-order valence-corrected chi connectivity index (χ1v) is 7.37. The lowest BCUT2D eigenvalue weighted by Crippen LogP contribution is -2.12. The zero-order valence-electron chi connectivity index (χ0n) is 13.0. The second kappa shape index (κ2) is 6.91. The highest BCUT2D eigenvalue weighted by molar-refractivity contribution is 6.04. The average Bonchev–Trinajstić information content (AvgIpc) is 2.55. The standard InChI is InChI=1S/C19H15FN2O2/c1-13-4-2-5-14(8-13)19(23)22-16-9-15(20)10-18(11-16)24-17-6-3-7-21-12-17/h2-12H,1H3,(H,22,23). The van der Waals surface area contributed by atoms with Gasteiger partial charge < -0.3 is 10.1 Å². The number of rotatable bonds is 4. The summed E-state index contributed by atoms with van der Waals surface area (Å²) in [6, 6.07) is 14.6. The maximum Gasteiger partial charge on any atom is 0.255 e. The molecule has 0 saturated carbocycles. The van der Waals surface area contributed by atoms with Crippen molar-refractivity contribution in [2.24, 2.45) is 0 Å². The SMILES string of the molecule is Cc1cccc(C(=O)Nc2cc(F)cc(Oc3cccnc3)c2)c1. The predicted molar refractivity (Wildman–Crippen MR) is 89.8 cm³/mol. The lowest BCUT2D eigenvalue weighted by molar-refractivity contribution is 0.102. The third-order valence-corrected chi connectivity index (χ3v) is 3.28. The second-order valence-electron chi connectivity index (χ2n) is 5.29. The van der Waals surface area contributed by atoms with Crippen LogP contribution in [0.25, 0.3) is 0 Å². The zero-order chi connectivity index (χ0) is 16.9. The maximum absolute atomic E-state index is 13.8. The highest BCUT2D eigenvalue weighted by Crippen LogP contribution is 2.25. The Kier molecular flexibility index (Phi) is 4.52. The van der Waals surface area contributed by atoms with Crippen LogP contribution in [0.4, 0.5) is 10.1 Å². The first kappa shape index (κ1) is 15.7. The van der Waals surface area contributed by atoms with E-state index in [1.54, 1.807) is 42.6 Å². The van der Waals surface area contributed by atoms with Gasteiger partial charge >= 0.3 is 0 Å². The summed E-state index contributed by atoms with van der Waals surface area (Å²) in [5, 5.41) is 2.68. The molecule has 1 N–H and O–H groups in total. The molecule has 0 spiro atoms. The van der Waals surface area contributed by atoms with Crippen LogP contribution in [-0.2, 0) is 0 Å². The number of anilines is 1.